The zero-order valence-corrected chi connectivity index (χ0v) is 17.4. The maximum absolute atomic E-state index is 12.4. The average molecular weight is 418 g/mol. The second-order valence-corrected chi connectivity index (χ2v) is 9.53. The summed E-state index contributed by atoms with van der Waals surface area (Å²) in [6.07, 6.45) is 0. The van der Waals surface area contributed by atoms with Crippen LogP contribution in [0.5, 0.6) is 11.5 Å². The Morgan fingerprint density at radius 2 is 1.74 bits per heavy atom. The number of para-hydroxylation sites is 1. The Morgan fingerprint density at radius 1 is 1.07 bits per heavy atom. The van der Waals surface area contributed by atoms with Gasteiger partial charge in [0.05, 0.1) is 5.25 Å². The van der Waals surface area contributed by atoms with Gasteiger partial charge in [-0.3, -0.25) is 4.79 Å². The van der Waals surface area contributed by atoms with Crippen LogP contribution < -0.4 is 10.1 Å². The Hall–Kier alpha value is -2.03. The number of aromatic nitrogens is 2. The van der Waals surface area contributed by atoms with Crippen LogP contribution in [-0.2, 0) is 4.79 Å². The summed E-state index contributed by atoms with van der Waals surface area (Å²) in [5, 5.41) is 10.9. The Labute approximate surface area is 170 Å². The maximum Gasteiger partial charge on any atom is 0.237 e. The predicted octanol–water partition coefficient (Wildman–Crippen LogP) is 5.56. The molecule has 0 aliphatic rings. The van der Waals surface area contributed by atoms with Crippen LogP contribution >= 0.6 is 34.9 Å². The number of nitrogens with one attached hydrogen (secondary N) is 1. The molecule has 1 N–H and O–H groups in total. The average Bonchev–Trinajstić information content (AvgIpc) is 3.11. The smallest absolute Gasteiger partial charge is 0.237 e. The molecule has 0 fully saturated rings. The fourth-order valence-electron chi connectivity index (χ4n) is 2.11. The number of hydrogen-bond acceptors (Lipinski definition) is 7. The molecule has 27 heavy (non-hydrogen) atoms. The summed E-state index contributed by atoms with van der Waals surface area (Å²) >= 11 is 4.59. The third-order valence-corrected chi connectivity index (χ3v) is 6.53. The Kier molecular flexibility index (Phi) is 7.14. The second-order valence-electron chi connectivity index (χ2n) is 5.46. The van der Waals surface area contributed by atoms with Gasteiger partial charge in [0.2, 0.25) is 5.91 Å². The highest BCUT2D eigenvalue weighted by Gasteiger charge is 2.17. The summed E-state index contributed by atoms with van der Waals surface area (Å²) in [5.74, 6) is 2.38. The topological polar surface area (TPSA) is 64.1 Å². The minimum atomic E-state index is -0.266. The minimum absolute atomic E-state index is 0.0726. The number of carbonyl (C=O) groups excluding carboxylic acids is 1. The van der Waals surface area contributed by atoms with Crippen LogP contribution in [0.25, 0.3) is 0 Å². The lowest BCUT2D eigenvalue weighted by molar-refractivity contribution is -0.115. The summed E-state index contributed by atoms with van der Waals surface area (Å²) in [4.78, 5) is 12.4. The number of rotatable bonds is 8. The third-order valence-electron chi connectivity index (χ3n) is 3.40. The number of amides is 1. The third kappa shape index (κ3) is 5.98. The monoisotopic (exact) mass is 417 g/mol. The van der Waals surface area contributed by atoms with E-state index in [-0.39, 0.29) is 11.2 Å². The van der Waals surface area contributed by atoms with E-state index >= 15 is 0 Å². The van der Waals surface area contributed by atoms with E-state index in [1.165, 1.54) is 23.1 Å². The molecule has 0 saturated carbocycles. The van der Waals surface area contributed by atoms with E-state index in [4.69, 9.17) is 4.74 Å². The largest absolute Gasteiger partial charge is 0.457 e. The van der Waals surface area contributed by atoms with Crippen LogP contribution in [-0.4, -0.2) is 27.1 Å². The standard InChI is InChI=1S/C19H19N3O2S3/c1-3-25-18-21-22-19(27-18)26-13(2)17(23)20-14-9-11-16(12-10-14)24-15-7-5-4-6-8-15/h4-13H,3H2,1-2H3,(H,20,23)/t13-/m0/s1. The number of ether oxygens (including phenoxy) is 1. The van der Waals surface area contributed by atoms with Gasteiger partial charge >= 0.3 is 0 Å². The van der Waals surface area contributed by atoms with E-state index in [0.29, 0.717) is 0 Å². The van der Waals surface area contributed by atoms with E-state index in [0.717, 1.165) is 31.6 Å². The van der Waals surface area contributed by atoms with Crippen molar-refractivity contribution in [1.82, 2.24) is 10.2 Å². The molecule has 8 heteroatoms. The lowest BCUT2D eigenvalue weighted by atomic mass is 10.3. The first-order valence-corrected chi connectivity index (χ1v) is 11.1. The zero-order valence-electron chi connectivity index (χ0n) is 14.9. The van der Waals surface area contributed by atoms with Crippen molar-refractivity contribution < 1.29 is 9.53 Å². The van der Waals surface area contributed by atoms with Crippen molar-refractivity contribution in [2.24, 2.45) is 0 Å². The highest BCUT2D eigenvalue weighted by molar-refractivity contribution is 8.03. The Morgan fingerprint density at radius 3 is 2.44 bits per heavy atom. The normalized spacial score (nSPS) is 11.8. The van der Waals surface area contributed by atoms with Crippen molar-refractivity contribution in [3.05, 3.63) is 54.6 Å². The van der Waals surface area contributed by atoms with Gasteiger partial charge in [0, 0.05) is 5.69 Å². The fourth-order valence-corrected chi connectivity index (χ4v) is 5.17. The quantitative estimate of drug-likeness (QED) is 0.484. The van der Waals surface area contributed by atoms with Crippen molar-refractivity contribution in [2.45, 2.75) is 27.8 Å². The second kappa shape index (κ2) is 9.77. The molecule has 0 aliphatic carbocycles. The number of hydrogen-bond donors (Lipinski definition) is 1. The first-order chi connectivity index (χ1) is 13.1. The van der Waals surface area contributed by atoms with Gasteiger partial charge in [-0.2, -0.15) is 0 Å². The van der Waals surface area contributed by atoms with Crippen molar-refractivity contribution in [3.8, 4) is 11.5 Å². The fraction of sp³-hybridized carbons (Fsp3) is 0.211. The molecule has 1 heterocycles. The first kappa shape index (κ1) is 19.7. The van der Waals surface area contributed by atoms with Gasteiger partial charge in [-0.1, -0.05) is 60.0 Å². The molecule has 2 aromatic carbocycles. The van der Waals surface area contributed by atoms with Crippen LogP contribution in [0.4, 0.5) is 5.69 Å². The Balaban J connectivity index is 1.53. The summed E-state index contributed by atoms with van der Waals surface area (Å²) in [5.41, 5.74) is 0.729. The van der Waals surface area contributed by atoms with Crippen molar-refractivity contribution >= 4 is 46.5 Å². The molecule has 3 rings (SSSR count). The number of anilines is 1. The summed E-state index contributed by atoms with van der Waals surface area (Å²) in [7, 11) is 0. The van der Waals surface area contributed by atoms with Gasteiger partial charge in [-0.15, -0.1) is 10.2 Å². The predicted molar refractivity (Wildman–Crippen MR) is 113 cm³/mol. The lowest BCUT2D eigenvalue weighted by Gasteiger charge is -2.11. The van der Waals surface area contributed by atoms with E-state index in [1.807, 2.05) is 61.5 Å². The number of benzene rings is 2. The van der Waals surface area contributed by atoms with Gasteiger partial charge in [-0.25, -0.2) is 0 Å². The van der Waals surface area contributed by atoms with Crippen LogP contribution in [0.2, 0.25) is 0 Å². The van der Waals surface area contributed by atoms with Crippen LogP contribution in [0.3, 0.4) is 0 Å². The van der Waals surface area contributed by atoms with Gasteiger partial charge in [0.25, 0.3) is 0 Å². The number of nitrogens with zero attached hydrogens (tertiary/aromatic N) is 2. The molecule has 0 spiro atoms. The molecule has 0 saturated heterocycles. The molecule has 0 bridgehead atoms. The molecular formula is C19H19N3O2S3. The van der Waals surface area contributed by atoms with Gasteiger partial charge in [0.1, 0.15) is 11.5 Å². The molecule has 0 unspecified atom stereocenters. The molecule has 0 radical (unpaired) electrons. The van der Waals surface area contributed by atoms with E-state index in [9.17, 15) is 4.79 Å². The first-order valence-electron chi connectivity index (χ1n) is 8.41. The number of thioether (sulfide) groups is 2. The SMILES string of the molecule is CCSc1nnc(S[C@@H](C)C(=O)Nc2ccc(Oc3ccccc3)cc2)s1. The van der Waals surface area contributed by atoms with Crippen LogP contribution in [0.1, 0.15) is 13.8 Å². The van der Waals surface area contributed by atoms with Crippen molar-refractivity contribution in [1.29, 1.82) is 0 Å². The summed E-state index contributed by atoms with van der Waals surface area (Å²) < 4.78 is 7.49. The van der Waals surface area contributed by atoms with Crippen molar-refractivity contribution in [3.63, 3.8) is 0 Å². The molecule has 5 nitrogen and oxygen atoms in total. The van der Waals surface area contributed by atoms with Crippen LogP contribution in [0, 0.1) is 0 Å². The molecule has 1 amide bonds. The molecule has 3 aromatic rings. The Bertz CT molecular complexity index is 869. The molecule has 140 valence electrons. The minimum Gasteiger partial charge on any atom is -0.457 e. The van der Waals surface area contributed by atoms with E-state index in [1.54, 1.807) is 11.8 Å². The summed E-state index contributed by atoms with van der Waals surface area (Å²) in [6, 6.07) is 16.9. The van der Waals surface area contributed by atoms with Crippen LogP contribution in [0.15, 0.2) is 63.3 Å². The van der Waals surface area contributed by atoms with E-state index in [2.05, 4.69) is 22.4 Å². The molecular weight excluding hydrogens is 398 g/mol. The van der Waals surface area contributed by atoms with Gasteiger partial charge in [-0.05, 0) is 49.1 Å². The molecule has 0 aliphatic heterocycles. The zero-order chi connectivity index (χ0) is 19.1. The number of carbonyl (C=O) groups is 1. The molecule has 1 aromatic heterocycles. The highest BCUT2D eigenvalue weighted by atomic mass is 32.2. The maximum atomic E-state index is 12.4. The molecule has 1 atom stereocenters. The van der Waals surface area contributed by atoms with Gasteiger partial charge < -0.3 is 10.1 Å². The lowest BCUT2D eigenvalue weighted by Crippen LogP contribution is -2.22. The van der Waals surface area contributed by atoms with Crippen molar-refractivity contribution in [2.75, 3.05) is 11.1 Å². The summed E-state index contributed by atoms with van der Waals surface area (Å²) in [6.45, 7) is 3.94. The van der Waals surface area contributed by atoms with Gasteiger partial charge in [0.15, 0.2) is 8.68 Å². The van der Waals surface area contributed by atoms with E-state index < -0.39 is 0 Å². The highest BCUT2D eigenvalue weighted by Crippen LogP contribution is 2.31.